The van der Waals surface area contributed by atoms with Gasteiger partial charge in [-0.15, -0.1) is 0 Å². The Morgan fingerprint density at radius 1 is 1.24 bits per heavy atom. The number of benzene rings is 1. The molecule has 0 aliphatic carbocycles. The lowest BCUT2D eigenvalue weighted by Gasteiger charge is -2.34. The van der Waals surface area contributed by atoms with Crippen LogP contribution in [0.2, 0.25) is 0 Å². The van der Waals surface area contributed by atoms with Gasteiger partial charge in [0.2, 0.25) is 0 Å². The van der Waals surface area contributed by atoms with Crippen molar-refractivity contribution in [2.75, 3.05) is 23.8 Å². The second-order valence-corrected chi connectivity index (χ2v) is 11.4. The number of rotatable bonds is 8. The second-order valence-electron chi connectivity index (χ2n) is 10.6. The Kier molecular flexibility index (Phi) is 7.92. The van der Waals surface area contributed by atoms with E-state index in [4.69, 9.17) is 15.5 Å². The molecule has 196 valence electrons. The van der Waals surface area contributed by atoms with Crippen molar-refractivity contribution in [1.29, 1.82) is 0 Å². The summed E-state index contributed by atoms with van der Waals surface area (Å²) in [6.07, 6.45) is 0.967. The highest BCUT2D eigenvalue weighted by Crippen LogP contribution is 2.38. The molecule has 1 fully saturated rings. The number of nitrogens with zero attached hydrogens (tertiary/aromatic N) is 3. The van der Waals surface area contributed by atoms with Crippen molar-refractivity contribution in [2.45, 2.75) is 51.6 Å². The largest absolute Gasteiger partial charge is 0.493 e. The number of nitrogens with one attached hydrogen (secondary N) is 1. The Bertz CT molecular complexity index is 1280. The fraction of sp³-hybridized carbons (Fsp3) is 0.393. The standard InChI is InChI=1S/C28H34FN5O2S/c1-17(2)16-36-21-12-19(11-20(29)13-21)23-10-9-22(26(31-23)34-15-18(3)14-28(34,4)5)27(35)33-37-25-8-6-7-24(30)32-25/h6-13,17-18H,14-16H2,1-5H3,(H2,30,32)(H,33,35). The smallest absolute Gasteiger partial charge is 0.265 e. The van der Waals surface area contributed by atoms with Crippen molar-refractivity contribution in [3.8, 4) is 17.0 Å². The van der Waals surface area contributed by atoms with Crippen LogP contribution < -0.4 is 20.1 Å². The van der Waals surface area contributed by atoms with E-state index >= 15 is 0 Å². The number of ether oxygens (including phenoxy) is 1. The lowest BCUT2D eigenvalue weighted by Crippen LogP contribution is -2.40. The number of carbonyl (C=O) groups is 1. The zero-order valence-electron chi connectivity index (χ0n) is 21.9. The molecule has 1 aliphatic heterocycles. The van der Waals surface area contributed by atoms with Gasteiger partial charge >= 0.3 is 0 Å². The van der Waals surface area contributed by atoms with E-state index in [9.17, 15) is 9.18 Å². The molecule has 0 spiro atoms. The molecule has 9 heteroatoms. The van der Waals surface area contributed by atoms with Crippen LogP contribution in [0, 0.1) is 17.7 Å². The Morgan fingerprint density at radius 2 is 2.03 bits per heavy atom. The second kappa shape index (κ2) is 11.0. The molecular formula is C28H34FN5O2S. The third-order valence-electron chi connectivity index (χ3n) is 6.19. The zero-order valence-corrected chi connectivity index (χ0v) is 22.7. The third kappa shape index (κ3) is 6.52. The molecule has 4 rings (SSSR count). The molecule has 3 heterocycles. The minimum absolute atomic E-state index is 0.198. The first-order valence-electron chi connectivity index (χ1n) is 12.4. The SMILES string of the molecule is CC(C)COc1cc(F)cc(-c2ccc(C(=O)NSc3cccc(N)n3)c(N3CC(C)CC3(C)C)n2)c1. The van der Waals surface area contributed by atoms with E-state index in [1.165, 1.54) is 12.1 Å². The Morgan fingerprint density at radius 3 is 2.70 bits per heavy atom. The molecular weight excluding hydrogens is 489 g/mol. The first-order valence-corrected chi connectivity index (χ1v) is 13.3. The average molecular weight is 524 g/mol. The van der Waals surface area contributed by atoms with Crippen LogP contribution in [-0.4, -0.2) is 34.6 Å². The molecule has 37 heavy (non-hydrogen) atoms. The molecule has 1 unspecified atom stereocenters. The monoisotopic (exact) mass is 523 g/mol. The number of nitrogen functional groups attached to an aromatic ring is 1. The van der Waals surface area contributed by atoms with Gasteiger partial charge in [-0.3, -0.25) is 9.52 Å². The van der Waals surface area contributed by atoms with Crippen molar-refractivity contribution in [2.24, 2.45) is 11.8 Å². The van der Waals surface area contributed by atoms with Crippen LogP contribution in [-0.2, 0) is 0 Å². The summed E-state index contributed by atoms with van der Waals surface area (Å²) in [5, 5.41) is 0.586. The minimum atomic E-state index is -0.400. The quantitative estimate of drug-likeness (QED) is 0.352. The molecule has 1 aromatic carbocycles. The maximum atomic E-state index is 14.5. The van der Waals surface area contributed by atoms with Gasteiger partial charge in [0.1, 0.15) is 28.2 Å². The number of nitrogens with two attached hydrogens (primary N) is 1. The van der Waals surface area contributed by atoms with Gasteiger partial charge < -0.3 is 15.4 Å². The van der Waals surface area contributed by atoms with Crippen molar-refractivity contribution in [3.05, 3.63) is 59.9 Å². The maximum absolute atomic E-state index is 14.5. The fourth-order valence-corrected chi connectivity index (χ4v) is 5.25. The predicted molar refractivity (Wildman–Crippen MR) is 147 cm³/mol. The topological polar surface area (TPSA) is 93.4 Å². The van der Waals surface area contributed by atoms with E-state index in [1.54, 1.807) is 36.4 Å². The zero-order chi connectivity index (χ0) is 26.7. The summed E-state index contributed by atoms with van der Waals surface area (Å²) in [5.41, 5.74) is 7.17. The molecule has 7 nitrogen and oxygen atoms in total. The Labute approximate surface area is 222 Å². The van der Waals surface area contributed by atoms with Crippen LogP contribution in [0.5, 0.6) is 5.75 Å². The molecule has 1 amide bonds. The van der Waals surface area contributed by atoms with E-state index in [0.717, 1.165) is 24.9 Å². The molecule has 2 aromatic heterocycles. The van der Waals surface area contributed by atoms with Crippen LogP contribution in [0.15, 0.2) is 53.6 Å². The van der Waals surface area contributed by atoms with Crippen LogP contribution in [0.25, 0.3) is 11.3 Å². The van der Waals surface area contributed by atoms with Gasteiger partial charge in [-0.1, -0.05) is 26.8 Å². The number of pyridine rings is 2. The average Bonchev–Trinajstić information content (AvgIpc) is 3.12. The molecule has 3 N–H and O–H groups in total. The first kappa shape index (κ1) is 26.7. The maximum Gasteiger partial charge on any atom is 0.265 e. The number of carbonyl (C=O) groups excluding carboxylic acids is 1. The van der Waals surface area contributed by atoms with Crippen LogP contribution in [0.3, 0.4) is 0 Å². The van der Waals surface area contributed by atoms with Gasteiger partial charge in [0, 0.05) is 35.7 Å². The van der Waals surface area contributed by atoms with Gasteiger partial charge in [-0.2, -0.15) is 0 Å². The highest BCUT2D eigenvalue weighted by molar-refractivity contribution is 7.97. The van der Waals surface area contributed by atoms with Gasteiger partial charge in [0.05, 0.1) is 17.9 Å². The molecule has 0 radical (unpaired) electrons. The summed E-state index contributed by atoms with van der Waals surface area (Å²) in [6.45, 7) is 11.8. The van der Waals surface area contributed by atoms with Crippen molar-refractivity contribution >= 4 is 29.5 Å². The molecule has 1 aliphatic rings. The van der Waals surface area contributed by atoms with Gasteiger partial charge in [0.15, 0.2) is 0 Å². The number of halogens is 1. The van der Waals surface area contributed by atoms with Crippen molar-refractivity contribution in [3.63, 3.8) is 0 Å². The summed E-state index contributed by atoms with van der Waals surface area (Å²) in [7, 11) is 0. The molecule has 0 bridgehead atoms. The summed E-state index contributed by atoms with van der Waals surface area (Å²) in [6, 6.07) is 13.3. The summed E-state index contributed by atoms with van der Waals surface area (Å²) in [5.74, 6) is 1.46. The molecule has 1 saturated heterocycles. The normalized spacial score (nSPS) is 16.7. The first-order chi connectivity index (χ1) is 17.5. The lowest BCUT2D eigenvalue weighted by atomic mass is 9.97. The van der Waals surface area contributed by atoms with Crippen molar-refractivity contribution < 1.29 is 13.9 Å². The highest BCUT2D eigenvalue weighted by Gasteiger charge is 2.39. The number of hydrogen-bond acceptors (Lipinski definition) is 7. The summed E-state index contributed by atoms with van der Waals surface area (Å²) < 4.78 is 23.1. The number of anilines is 2. The molecule has 0 saturated carbocycles. The molecule has 3 aromatic rings. The summed E-state index contributed by atoms with van der Waals surface area (Å²) >= 11 is 1.10. The minimum Gasteiger partial charge on any atom is -0.493 e. The van der Waals surface area contributed by atoms with E-state index in [2.05, 4.69) is 35.4 Å². The number of amides is 1. The number of hydrogen-bond donors (Lipinski definition) is 2. The van der Waals surface area contributed by atoms with Gasteiger partial charge in [-0.05, 0) is 68.5 Å². The van der Waals surface area contributed by atoms with Crippen LogP contribution in [0.4, 0.5) is 16.0 Å². The van der Waals surface area contributed by atoms with Gasteiger partial charge in [0.25, 0.3) is 5.91 Å². The van der Waals surface area contributed by atoms with Crippen LogP contribution >= 0.6 is 11.9 Å². The van der Waals surface area contributed by atoms with E-state index in [1.807, 2.05) is 13.8 Å². The Hall–Kier alpha value is -3.33. The fourth-order valence-electron chi connectivity index (χ4n) is 4.65. The summed E-state index contributed by atoms with van der Waals surface area (Å²) in [4.78, 5) is 24.7. The van der Waals surface area contributed by atoms with Gasteiger partial charge in [-0.25, -0.2) is 14.4 Å². The van der Waals surface area contributed by atoms with E-state index < -0.39 is 5.82 Å². The molecule has 1 atom stereocenters. The van der Waals surface area contributed by atoms with Crippen LogP contribution in [0.1, 0.15) is 51.4 Å². The Balaban J connectivity index is 1.70. The lowest BCUT2D eigenvalue weighted by molar-refractivity contribution is 0.0984. The third-order valence-corrected chi connectivity index (χ3v) is 6.92. The highest BCUT2D eigenvalue weighted by atomic mass is 32.2. The number of aromatic nitrogens is 2. The van der Waals surface area contributed by atoms with E-state index in [-0.39, 0.29) is 11.4 Å². The predicted octanol–water partition coefficient (Wildman–Crippen LogP) is 5.96. The van der Waals surface area contributed by atoms with Crippen molar-refractivity contribution in [1.82, 2.24) is 14.7 Å². The van der Waals surface area contributed by atoms with E-state index in [0.29, 0.717) is 57.7 Å².